The quantitative estimate of drug-likeness (QED) is 0.561. The van der Waals surface area contributed by atoms with Crippen molar-refractivity contribution in [2.75, 3.05) is 20.2 Å². The molecule has 0 unspecified atom stereocenters. The van der Waals surface area contributed by atoms with Crippen molar-refractivity contribution in [1.82, 2.24) is 15.5 Å². The molecule has 0 saturated carbocycles. The number of nitrogens with zero attached hydrogens (tertiary/aromatic N) is 1. The maximum atomic E-state index is 13.1. The van der Waals surface area contributed by atoms with Crippen LogP contribution in [0.1, 0.15) is 19.4 Å². The van der Waals surface area contributed by atoms with Crippen LogP contribution in [0.2, 0.25) is 0 Å². The zero-order chi connectivity index (χ0) is 18.9. The standard InChI is InChI=1S/C19H25N3O4/c1-4-20-10-13-14-15(19(2,21-13)18(25)26-3)17(24)22(16(14)23)11-12-8-6-5-7-9-12/h5-9,13-15,20-21H,4,10-11H2,1-3H3/t13-,14+,15-,19-/m1/s1. The summed E-state index contributed by atoms with van der Waals surface area (Å²) < 4.78 is 4.93. The Morgan fingerprint density at radius 3 is 2.58 bits per heavy atom. The van der Waals surface area contributed by atoms with E-state index < -0.39 is 23.3 Å². The molecule has 2 fully saturated rings. The molecule has 2 saturated heterocycles. The molecule has 26 heavy (non-hydrogen) atoms. The van der Waals surface area contributed by atoms with Gasteiger partial charge in [0.1, 0.15) is 5.54 Å². The zero-order valence-electron chi connectivity index (χ0n) is 15.3. The number of benzene rings is 1. The third-order valence-electron chi connectivity index (χ3n) is 5.39. The Kier molecular flexibility index (Phi) is 5.11. The summed E-state index contributed by atoms with van der Waals surface area (Å²) in [5.41, 5.74) is -0.331. The highest BCUT2D eigenvalue weighted by Crippen LogP contribution is 2.43. The van der Waals surface area contributed by atoms with E-state index in [1.165, 1.54) is 12.0 Å². The number of nitrogens with one attached hydrogen (secondary N) is 2. The van der Waals surface area contributed by atoms with Gasteiger partial charge in [0.25, 0.3) is 0 Å². The van der Waals surface area contributed by atoms with Crippen LogP contribution >= 0.6 is 0 Å². The lowest BCUT2D eigenvalue weighted by atomic mass is 9.81. The molecule has 4 atom stereocenters. The fourth-order valence-corrected chi connectivity index (χ4v) is 4.13. The van der Waals surface area contributed by atoms with Gasteiger partial charge in [-0.2, -0.15) is 0 Å². The van der Waals surface area contributed by atoms with E-state index >= 15 is 0 Å². The van der Waals surface area contributed by atoms with Crippen molar-refractivity contribution < 1.29 is 19.1 Å². The van der Waals surface area contributed by atoms with Gasteiger partial charge in [0.05, 0.1) is 25.5 Å². The van der Waals surface area contributed by atoms with Crippen LogP contribution in [0.3, 0.4) is 0 Å². The summed E-state index contributed by atoms with van der Waals surface area (Å²) >= 11 is 0. The van der Waals surface area contributed by atoms with E-state index in [9.17, 15) is 14.4 Å². The number of methoxy groups -OCH3 is 1. The zero-order valence-corrected chi connectivity index (χ0v) is 15.3. The number of rotatable bonds is 6. The molecule has 0 bridgehead atoms. The van der Waals surface area contributed by atoms with Gasteiger partial charge in [0, 0.05) is 12.6 Å². The lowest BCUT2D eigenvalue weighted by Crippen LogP contribution is -2.56. The maximum Gasteiger partial charge on any atom is 0.326 e. The highest BCUT2D eigenvalue weighted by atomic mass is 16.5. The molecule has 2 heterocycles. The first-order valence-corrected chi connectivity index (χ1v) is 8.90. The van der Waals surface area contributed by atoms with Gasteiger partial charge in [-0.25, -0.2) is 0 Å². The van der Waals surface area contributed by atoms with Gasteiger partial charge >= 0.3 is 5.97 Å². The van der Waals surface area contributed by atoms with Crippen LogP contribution in [-0.2, 0) is 25.7 Å². The van der Waals surface area contributed by atoms with E-state index in [4.69, 9.17) is 4.74 Å². The minimum absolute atomic E-state index is 0.219. The van der Waals surface area contributed by atoms with Gasteiger partial charge in [-0.05, 0) is 19.0 Å². The number of amides is 2. The van der Waals surface area contributed by atoms with Gasteiger partial charge in [0.2, 0.25) is 11.8 Å². The Morgan fingerprint density at radius 2 is 1.96 bits per heavy atom. The Labute approximate surface area is 153 Å². The number of hydrogen-bond donors (Lipinski definition) is 2. The smallest absolute Gasteiger partial charge is 0.326 e. The van der Waals surface area contributed by atoms with E-state index in [-0.39, 0.29) is 24.4 Å². The molecule has 140 valence electrons. The monoisotopic (exact) mass is 359 g/mol. The minimum atomic E-state index is -1.21. The van der Waals surface area contributed by atoms with E-state index in [0.717, 1.165) is 12.1 Å². The molecule has 1 aromatic carbocycles. The summed E-state index contributed by atoms with van der Waals surface area (Å²) in [7, 11) is 1.30. The van der Waals surface area contributed by atoms with E-state index in [0.29, 0.717) is 6.54 Å². The Hall–Kier alpha value is -2.25. The molecule has 7 nitrogen and oxygen atoms in total. The van der Waals surface area contributed by atoms with Crippen molar-refractivity contribution in [3.63, 3.8) is 0 Å². The Balaban J connectivity index is 1.92. The van der Waals surface area contributed by atoms with Crippen molar-refractivity contribution >= 4 is 17.8 Å². The highest BCUT2D eigenvalue weighted by Gasteiger charge is 2.66. The number of esters is 1. The van der Waals surface area contributed by atoms with E-state index in [1.807, 2.05) is 37.3 Å². The molecule has 7 heteroatoms. The fourth-order valence-electron chi connectivity index (χ4n) is 4.13. The number of likely N-dealkylation sites (N-methyl/N-ethyl adjacent to an activating group) is 1. The summed E-state index contributed by atoms with van der Waals surface area (Å²) in [6.07, 6.45) is 0. The lowest BCUT2D eigenvalue weighted by molar-refractivity contribution is -0.153. The first kappa shape index (κ1) is 18.5. The molecule has 2 amide bonds. The number of carbonyl (C=O) groups excluding carboxylic acids is 3. The first-order valence-electron chi connectivity index (χ1n) is 8.90. The van der Waals surface area contributed by atoms with E-state index in [2.05, 4.69) is 10.6 Å². The second-order valence-corrected chi connectivity index (χ2v) is 7.00. The fraction of sp³-hybridized carbons (Fsp3) is 0.526. The molecular weight excluding hydrogens is 334 g/mol. The van der Waals surface area contributed by atoms with Crippen LogP contribution in [0.15, 0.2) is 30.3 Å². The number of imide groups is 1. The largest absolute Gasteiger partial charge is 0.468 e. The summed E-state index contributed by atoms with van der Waals surface area (Å²) in [5.74, 6) is -2.39. The SMILES string of the molecule is CCNC[C@H]1N[C@@](C)(C(=O)OC)[C@H]2C(=O)N(Cc3ccccc3)C(=O)[C@@H]12. The summed E-state index contributed by atoms with van der Waals surface area (Å²) in [6, 6.07) is 9.08. The van der Waals surface area contributed by atoms with Gasteiger partial charge in [-0.15, -0.1) is 0 Å². The average Bonchev–Trinajstić information content (AvgIpc) is 3.09. The number of hydrogen-bond acceptors (Lipinski definition) is 6. The molecule has 2 aliphatic rings. The molecule has 0 aromatic heterocycles. The number of carbonyl (C=O) groups is 3. The predicted octanol–water partition coefficient (Wildman–Crippen LogP) is 0.301. The second-order valence-electron chi connectivity index (χ2n) is 7.00. The van der Waals surface area contributed by atoms with Gasteiger partial charge in [-0.3, -0.25) is 24.6 Å². The third kappa shape index (κ3) is 2.91. The lowest BCUT2D eigenvalue weighted by Gasteiger charge is -2.28. The number of likely N-dealkylation sites (tertiary alicyclic amines) is 1. The minimum Gasteiger partial charge on any atom is -0.468 e. The van der Waals surface area contributed by atoms with Crippen LogP contribution in [0.4, 0.5) is 0 Å². The van der Waals surface area contributed by atoms with Crippen LogP contribution in [0, 0.1) is 11.8 Å². The normalized spacial score (nSPS) is 30.6. The van der Waals surface area contributed by atoms with Crippen LogP contribution in [0.5, 0.6) is 0 Å². The molecular formula is C19H25N3O4. The average molecular weight is 359 g/mol. The van der Waals surface area contributed by atoms with Crippen molar-refractivity contribution in [1.29, 1.82) is 0 Å². The summed E-state index contributed by atoms with van der Waals surface area (Å²) in [5, 5.41) is 6.40. The van der Waals surface area contributed by atoms with Crippen LogP contribution < -0.4 is 10.6 Å². The first-order chi connectivity index (χ1) is 12.4. The molecule has 0 radical (unpaired) electrons. The van der Waals surface area contributed by atoms with Crippen molar-refractivity contribution in [3.05, 3.63) is 35.9 Å². The molecule has 2 N–H and O–H groups in total. The summed E-state index contributed by atoms with van der Waals surface area (Å²) in [4.78, 5) is 39.9. The highest BCUT2D eigenvalue weighted by molar-refractivity contribution is 6.09. The molecule has 2 aliphatic heterocycles. The molecule has 0 aliphatic carbocycles. The number of ether oxygens (including phenoxy) is 1. The molecule has 3 rings (SSSR count). The van der Waals surface area contributed by atoms with Crippen LogP contribution in [0.25, 0.3) is 0 Å². The third-order valence-corrected chi connectivity index (χ3v) is 5.39. The van der Waals surface area contributed by atoms with Crippen LogP contribution in [-0.4, -0.2) is 54.5 Å². The van der Waals surface area contributed by atoms with Crippen molar-refractivity contribution in [2.24, 2.45) is 11.8 Å². The van der Waals surface area contributed by atoms with E-state index in [1.54, 1.807) is 6.92 Å². The topological polar surface area (TPSA) is 87.7 Å². The van der Waals surface area contributed by atoms with Crippen molar-refractivity contribution in [2.45, 2.75) is 32.0 Å². The van der Waals surface area contributed by atoms with Crippen molar-refractivity contribution in [3.8, 4) is 0 Å². The second kappa shape index (κ2) is 7.17. The Bertz CT molecular complexity index is 708. The Morgan fingerprint density at radius 1 is 1.27 bits per heavy atom. The van der Waals surface area contributed by atoms with Gasteiger partial charge in [0.15, 0.2) is 0 Å². The van der Waals surface area contributed by atoms with Gasteiger partial charge < -0.3 is 10.1 Å². The molecule has 1 aromatic rings. The maximum absolute atomic E-state index is 13.1. The summed E-state index contributed by atoms with van der Waals surface area (Å²) in [6.45, 7) is 5.08. The number of fused-ring (bicyclic) bond motifs is 1. The van der Waals surface area contributed by atoms with Gasteiger partial charge in [-0.1, -0.05) is 37.3 Å². The molecule has 0 spiro atoms. The predicted molar refractivity (Wildman–Crippen MR) is 94.9 cm³/mol.